The molecule has 0 bridgehead atoms. The number of cyclic esters (lactones) is 1. The summed E-state index contributed by atoms with van der Waals surface area (Å²) in [6.45, 7) is 24.4. The van der Waals surface area contributed by atoms with Gasteiger partial charge in [-0.3, -0.25) is 9.59 Å². The smallest absolute Gasteiger partial charge is 0.333 e. The SMILES string of the molecule is CC1=CC[C@@H]([C@@H](C)/C=C(C)/C=C\C=C/C(=O)N[C@H](C(=O)N/C=C\C[C@H](C/C=C(\C)Cl)O[Si](C)(C)C(C)(C)C)C(C)(C)C)OC1=O. The van der Waals surface area contributed by atoms with Gasteiger partial charge in [0.25, 0.3) is 0 Å². The van der Waals surface area contributed by atoms with E-state index in [0.717, 1.165) is 10.6 Å². The molecule has 0 aromatic carbocycles. The summed E-state index contributed by atoms with van der Waals surface area (Å²) in [6.07, 6.45) is 17.9. The normalized spacial score (nSPS) is 19.4. The number of halogens is 1. The highest BCUT2D eigenvalue weighted by atomic mass is 35.5. The van der Waals surface area contributed by atoms with Crippen molar-refractivity contribution in [2.75, 3.05) is 0 Å². The van der Waals surface area contributed by atoms with Crippen LogP contribution in [0.3, 0.4) is 0 Å². The van der Waals surface area contributed by atoms with Gasteiger partial charge in [0.1, 0.15) is 12.1 Å². The molecule has 0 aliphatic carbocycles. The average Bonchev–Trinajstić information content (AvgIpc) is 2.90. The van der Waals surface area contributed by atoms with Gasteiger partial charge in [-0.1, -0.05) is 108 Å². The largest absolute Gasteiger partial charge is 0.458 e. The highest BCUT2D eigenvalue weighted by Gasteiger charge is 2.39. The molecule has 0 spiro atoms. The molecule has 0 saturated carbocycles. The molecule has 1 heterocycles. The van der Waals surface area contributed by atoms with Crippen molar-refractivity contribution in [3.8, 4) is 0 Å². The van der Waals surface area contributed by atoms with Gasteiger partial charge < -0.3 is 19.8 Å². The lowest BCUT2D eigenvalue weighted by molar-refractivity contribution is -0.147. The van der Waals surface area contributed by atoms with Crippen LogP contribution in [0.4, 0.5) is 0 Å². The van der Waals surface area contributed by atoms with Crippen molar-refractivity contribution in [2.45, 2.75) is 125 Å². The van der Waals surface area contributed by atoms with Crippen LogP contribution in [-0.4, -0.2) is 44.4 Å². The number of ether oxygens (including phenoxy) is 1. The Labute approximate surface area is 278 Å². The second kappa shape index (κ2) is 17.9. The van der Waals surface area contributed by atoms with Gasteiger partial charge in [0.05, 0.1) is 6.10 Å². The third kappa shape index (κ3) is 15.0. The maximum absolute atomic E-state index is 13.1. The molecule has 4 atom stereocenters. The molecule has 45 heavy (non-hydrogen) atoms. The van der Waals surface area contributed by atoms with Crippen molar-refractivity contribution in [2.24, 2.45) is 11.3 Å². The molecule has 0 unspecified atom stereocenters. The summed E-state index contributed by atoms with van der Waals surface area (Å²) in [4.78, 5) is 37.7. The molecule has 1 aliphatic heterocycles. The van der Waals surface area contributed by atoms with Gasteiger partial charge >= 0.3 is 5.97 Å². The second-order valence-corrected chi connectivity index (χ2v) is 19.9. The molecule has 2 N–H and O–H groups in total. The van der Waals surface area contributed by atoms with Crippen molar-refractivity contribution in [3.63, 3.8) is 0 Å². The zero-order valence-electron chi connectivity index (χ0n) is 29.5. The third-order valence-electron chi connectivity index (χ3n) is 8.15. The Bertz CT molecular complexity index is 1210. The van der Waals surface area contributed by atoms with Crippen LogP contribution in [0.1, 0.15) is 88.5 Å². The number of rotatable bonds is 14. The molecule has 252 valence electrons. The van der Waals surface area contributed by atoms with E-state index in [0.29, 0.717) is 24.8 Å². The van der Waals surface area contributed by atoms with Crippen LogP contribution in [-0.2, 0) is 23.5 Å². The Morgan fingerprint density at radius 1 is 1.11 bits per heavy atom. The van der Waals surface area contributed by atoms with Crippen LogP contribution < -0.4 is 10.6 Å². The molecule has 0 fully saturated rings. The summed E-state index contributed by atoms with van der Waals surface area (Å²) in [5.41, 5.74) is 1.12. The van der Waals surface area contributed by atoms with Crippen molar-refractivity contribution >= 4 is 37.7 Å². The number of allylic oxidation sites excluding steroid dienone is 5. The van der Waals surface area contributed by atoms with Crippen LogP contribution >= 0.6 is 11.6 Å². The Morgan fingerprint density at radius 3 is 2.29 bits per heavy atom. The minimum absolute atomic E-state index is 0.0533. The fourth-order valence-corrected chi connectivity index (χ4v) is 5.76. The van der Waals surface area contributed by atoms with E-state index in [1.54, 1.807) is 25.3 Å². The molecule has 1 rings (SSSR count). The molecule has 1 aliphatic rings. The number of hydrogen-bond acceptors (Lipinski definition) is 5. The first-order chi connectivity index (χ1) is 20.6. The van der Waals surface area contributed by atoms with E-state index in [9.17, 15) is 14.4 Å². The third-order valence-corrected chi connectivity index (χ3v) is 12.8. The standard InChI is InChI=1S/C36H57ClN2O5Si/c1-25(24-27(3)30-22-19-26(2)34(42)43-30)16-13-14-18-31(40)39-32(35(5,6)7)33(41)38-23-15-17-29(21-20-28(4)37)44-45(11,12)36(8,9)10/h13-16,18-20,23-24,27,29-30,32H,17,21-22H2,1-12H3,(H,38,41)(H,39,40)/b16-13-,18-14-,23-15-,25-24+,28-20+/t27-,29+,30-,32+/m0/s1. The maximum atomic E-state index is 13.1. The summed E-state index contributed by atoms with van der Waals surface area (Å²) < 4.78 is 12.1. The summed E-state index contributed by atoms with van der Waals surface area (Å²) >= 11 is 6.09. The van der Waals surface area contributed by atoms with Gasteiger partial charge in [0.2, 0.25) is 11.8 Å². The van der Waals surface area contributed by atoms with E-state index in [1.807, 2.05) is 71.9 Å². The minimum Gasteiger partial charge on any atom is -0.458 e. The molecule has 9 heteroatoms. The molecule has 0 saturated heterocycles. The quantitative estimate of drug-likeness (QED) is 0.0844. The topological polar surface area (TPSA) is 93.7 Å². The van der Waals surface area contributed by atoms with Crippen molar-refractivity contribution in [1.29, 1.82) is 0 Å². The van der Waals surface area contributed by atoms with E-state index in [4.69, 9.17) is 20.8 Å². The minimum atomic E-state index is -2.00. The summed E-state index contributed by atoms with van der Waals surface area (Å²) in [6, 6.07) is -0.747. The van der Waals surface area contributed by atoms with Gasteiger partial charge in [0.15, 0.2) is 8.32 Å². The van der Waals surface area contributed by atoms with E-state index in [2.05, 4.69) is 44.5 Å². The second-order valence-electron chi connectivity index (χ2n) is 14.5. The first-order valence-electron chi connectivity index (χ1n) is 15.8. The van der Waals surface area contributed by atoms with Gasteiger partial charge in [-0.05, 0) is 63.4 Å². The van der Waals surface area contributed by atoms with Crippen molar-refractivity contribution in [1.82, 2.24) is 10.6 Å². The summed E-state index contributed by atoms with van der Waals surface area (Å²) in [7, 11) is -2.00. The van der Waals surface area contributed by atoms with Crippen molar-refractivity contribution in [3.05, 3.63) is 71.0 Å². The van der Waals surface area contributed by atoms with Gasteiger partial charge in [-0.2, -0.15) is 0 Å². The van der Waals surface area contributed by atoms with E-state index >= 15 is 0 Å². The Morgan fingerprint density at radius 2 is 1.73 bits per heavy atom. The first kappa shape index (κ1) is 40.3. The predicted molar refractivity (Wildman–Crippen MR) is 189 cm³/mol. The van der Waals surface area contributed by atoms with E-state index < -0.39 is 19.8 Å². The number of esters is 1. The molecule has 0 aromatic rings. The number of carbonyl (C=O) groups is 3. The van der Waals surface area contributed by atoms with Crippen LogP contribution in [0, 0.1) is 11.3 Å². The van der Waals surface area contributed by atoms with Crippen molar-refractivity contribution < 1.29 is 23.5 Å². The molecular formula is C36H57ClN2O5Si. The molecule has 7 nitrogen and oxygen atoms in total. The number of carbonyl (C=O) groups excluding carboxylic acids is 3. The van der Waals surface area contributed by atoms with Gasteiger partial charge in [0, 0.05) is 29.0 Å². The number of hydrogen-bond donors (Lipinski definition) is 2. The van der Waals surface area contributed by atoms with E-state index in [1.165, 1.54) is 6.08 Å². The van der Waals surface area contributed by atoms with E-state index in [-0.39, 0.29) is 40.9 Å². The van der Waals surface area contributed by atoms with Gasteiger partial charge in [-0.15, -0.1) is 0 Å². The fraction of sp³-hybridized carbons (Fsp3) is 0.583. The first-order valence-corrected chi connectivity index (χ1v) is 19.1. The molecular weight excluding hydrogens is 604 g/mol. The van der Waals surface area contributed by atoms with Crippen LogP contribution in [0.25, 0.3) is 0 Å². The zero-order chi connectivity index (χ0) is 34.6. The number of amides is 2. The lowest BCUT2D eigenvalue weighted by Gasteiger charge is -2.39. The molecule has 0 radical (unpaired) electrons. The summed E-state index contributed by atoms with van der Waals surface area (Å²) in [5.74, 6) is -0.873. The number of nitrogens with one attached hydrogen (secondary N) is 2. The van der Waals surface area contributed by atoms with Crippen LogP contribution in [0.5, 0.6) is 0 Å². The lowest BCUT2D eigenvalue weighted by Crippen LogP contribution is -2.52. The molecule has 2 amide bonds. The lowest BCUT2D eigenvalue weighted by atomic mass is 9.86. The highest BCUT2D eigenvalue weighted by molar-refractivity contribution is 6.74. The summed E-state index contributed by atoms with van der Waals surface area (Å²) in [5, 5.41) is 6.48. The Hall–Kier alpha value is -2.68. The zero-order valence-corrected chi connectivity index (χ0v) is 31.3. The Balaban J connectivity index is 2.79. The fourth-order valence-electron chi connectivity index (χ4n) is 4.29. The van der Waals surface area contributed by atoms with Gasteiger partial charge in [-0.25, -0.2) is 4.79 Å². The maximum Gasteiger partial charge on any atom is 0.333 e. The highest BCUT2D eigenvalue weighted by Crippen LogP contribution is 2.38. The predicted octanol–water partition coefficient (Wildman–Crippen LogP) is 8.42. The van der Waals surface area contributed by atoms with Crippen LogP contribution in [0.15, 0.2) is 71.0 Å². The average molecular weight is 661 g/mol. The van der Waals surface area contributed by atoms with Crippen LogP contribution in [0.2, 0.25) is 18.1 Å². The monoisotopic (exact) mass is 660 g/mol. The molecule has 0 aromatic heterocycles. The Kier molecular flexibility index (Phi) is 16.0.